The van der Waals surface area contributed by atoms with Crippen LogP contribution in [0.25, 0.3) is 0 Å². The van der Waals surface area contributed by atoms with Gasteiger partial charge in [-0.3, -0.25) is 9.59 Å². The van der Waals surface area contributed by atoms with Crippen LogP contribution in [0.3, 0.4) is 0 Å². The van der Waals surface area contributed by atoms with Crippen molar-refractivity contribution in [3.05, 3.63) is 44.1 Å². The Labute approximate surface area is 146 Å². The molecule has 0 atom stereocenters. The predicted molar refractivity (Wildman–Crippen MR) is 93.7 cm³/mol. The monoisotopic (exact) mass is 397 g/mol. The second-order valence-corrected chi connectivity index (χ2v) is 6.90. The standard InChI is InChI=1S/C16H16BrNO4S/c1-9-13(17)14(22-2)15(23-9)16(21)18-11-5-3-4-10(8-11)6-7-12(19)20/h3-5,8H,6-7H2,1-2H3,(H,18,21)(H,19,20). The number of ether oxygens (including phenoxy) is 1. The average Bonchev–Trinajstić information content (AvgIpc) is 2.81. The lowest BCUT2D eigenvalue weighted by molar-refractivity contribution is -0.136. The Morgan fingerprint density at radius 1 is 1.39 bits per heavy atom. The molecule has 0 spiro atoms. The van der Waals surface area contributed by atoms with Crippen molar-refractivity contribution in [2.24, 2.45) is 0 Å². The van der Waals surface area contributed by atoms with E-state index >= 15 is 0 Å². The molecule has 0 aliphatic carbocycles. The molecule has 0 saturated heterocycles. The fourth-order valence-electron chi connectivity index (χ4n) is 2.08. The molecular formula is C16H16BrNO4S. The summed E-state index contributed by atoms with van der Waals surface area (Å²) in [6.45, 7) is 1.90. The SMILES string of the molecule is COc1c(C(=O)Nc2cccc(CCC(=O)O)c2)sc(C)c1Br. The van der Waals surface area contributed by atoms with Crippen molar-refractivity contribution in [3.8, 4) is 5.75 Å². The molecule has 23 heavy (non-hydrogen) atoms. The fourth-order valence-corrected chi connectivity index (χ4v) is 3.72. The number of halogens is 1. The summed E-state index contributed by atoms with van der Waals surface area (Å²) < 4.78 is 6.06. The highest BCUT2D eigenvalue weighted by atomic mass is 79.9. The van der Waals surface area contributed by atoms with Crippen molar-refractivity contribution in [1.82, 2.24) is 0 Å². The van der Waals surface area contributed by atoms with Gasteiger partial charge in [0, 0.05) is 17.0 Å². The van der Waals surface area contributed by atoms with Crippen molar-refractivity contribution in [2.45, 2.75) is 19.8 Å². The van der Waals surface area contributed by atoms with Crippen molar-refractivity contribution in [2.75, 3.05) is 12.4 Å². The van der Waals surface area contributed by atoms with Crippen LogP contribution < -0.4 is 10.1 Å². The Bertz CT molecular complexity index is 742. The summed E-state index contributed by atoms with van der Waals surface area (Å²) in [5, 5.41) is 11.6. The Balaban J connectivity index is 2.16. The summed E-state index contributed by atoms with van der Waals surface area (Å²) >= 11 is 4.76. The van der Waals surface area contributed by atoms with Gasteiger partial charge in [0.05, 0.1) is 11.6 Å². The summed E-state index contributed by atoms with van der Waals surface area (Å²) in [6, 6.07) is 7.18. The number of carboxylic acids is 1. The first-order chi connectivity index (χ1) is 10.9. The van der Waals surface area contributed by atoms with Crippen LogP contribution in [0.4, 0.5) is 5.69 Å². The number of anilines is 1. The summed E-state index contributed by atoms with van der Waals surface area (Å²) in [5.74, 6) is -0.578. The maximum atomic E-state index is 12.4. The van der Waals surface area contributed by atoms with E-state index in [-0.39, 0.29) is 12.3 Å². The van der Waals surface area contributed by atoms with Gasteiger partial charge in [0.15, 0.2) is 5.75 Å². The second-order valence-electron chi connectivity index (χ2n) is 4.88. The molecule has 0 fully saturated rings. The molecule has 5 nitrogen and oxygen atoms in total. The number of carboxylic acid groups (broad SMARTS) is 1. The number of thiophene rings is 1. The zero-order chi connectivity index (χ0) is 17.0. The third-order valence-corrected chi connectivity index (χ3v) is 5.50. The normalized spacial score (nSPS) is 10.4. The highest BCUT2D eigenvalue weighted by Crippen LogP contribution is 2.39. The van der Waals surface area contributed by atoms with Gasteiger partial charge in [-0.1, -0.05) is 12.1 Å². The molecular weight excluding hydrogens is 382 g/mol. The summed E-state index contributed by atoms with van der Waals surface area (Å²) in [7, 11) is 1.52. The van der Waals surface area contributed by atoms with Crippen LogP contribution in [0.15, 0.2) is 28.7 Å². The Morgan fingerprint density at radius 3 is 2.78 bits per heavy atom. The van der Waals surface area contributed by atoms with E-state index in [1.807, 2.05) is 13.0 Å². The van der Waals surface area contributed by atoms with E-state index in [1.54, 1.807) is 18.2 Å². The maximum absolute atomic E-state index is 12.4. The van der Waals surface area contributed by atoms with Crippen molar-refractivity contribution in [1.29, 1.82) is 0 Å². The van der Waals surface area contributed by atoms with E-state index in [2.05, 4.69) is 21.2 Å². The van der Waals surface area contributed by atoms with Gasteiger partial charge in [-0.15, -0.1) is 11.3 Å². The number of aliphatic carboxylic acids is 1. The van der Waals surface area contributed by atoms with Crippen molar-refractivity contribution in [3.63, 3.8) is 0 Å². The minimum Gasteiger partial charge on any atom is -0.494 e. The van der Waals surface area contributed by atoms with Crippen LogP contribution in [-0.2, 0) is 11.2 Å². The molecule has 2 N–H and O–H groups in total. The Hall–Kier alpha value is -1.86. The van der Waals surface area contributed by atoms with Crippen LogP contribution in [0, 0.1) is 6.92 Å². The molecule has 2 aromatic rings. The van der Waals surface area contributed by atoms with E-state index in [9.17, 15) is 9.59 Å². The number of benzene rings is 1. The van der Waals surface area contributed by atoms with E-state index in [0.717, 1.165) is 14.9 Å². The van der Waals surface area contributed by atoms with Gasteiger partial charge in [-0.2, -0.15) is 0 Å². The van der Waals surface area contributed by atoms with Crippen LogP contribution >= 0.6 is 27.3 Å². The molecule has 0 radical (unpaired) electrons. The lowest BCUT2D eigenvalue weighted by atomic mass is 10.1. The molecule has 1 heterocycles. The van der Waals surface area contributed by atoms with Gasteiger partial charge in [0.25, 0.3) is 5.91 Å². The minimum absolute atomic E-state index is 0.0578. The topological polar surface area (TPSA) is 75.6 Å². The van der Waals surface area contributed by atoms with Crippen LogP contribution in [0.1, 0.15) is 26.5 Å². The van der Waals surface area contributed by atoms with E-state index in [0.29, 0.717) is 22.7 Å². The number of carbonyl (C=O) groups is 2. The van der Waals surface area contributed by atoms with E-state index < -0.39 is 5.97 Å². The first-order valence-electron chi connectivity index (χ1n) is 6.87. The van der Waals surface area contributed by atoms with E-state index in [1.165, 1.54) is 18.4 Å². The lowest BCUT2D eigenvalue weighted by Crippen LogP contribution is -2.11. The minimum atomic E-state index is -0.844. The van der Waals surface area contributed by atoms with Crippen LogP contribution in [0.5, 0.6) is 5.75 Å². The van der Waals surface area contributed by atoms with E-state index in [4.69, 9.17) is 9.84 Å². The Kier molecular flexibility index (Phi) is 5.79. The number of methoxy groups -OCH3 is 1. The van der Waals surface area contributed by atoms with Crippen molar-refractivity contribution < 1.29 is 19.4 Å². The molecule has 0 aliphatic heterocycles. The predicted octanol–water partition coefficient (Wildman–Crippen LogP) is 4.10. The number of amides is 1. The molecule has 2 rings (SSSR count). The molecule has 0 bridgehead atoms. The molecule has 0 aliphatic rings. The molecule has 1 aromatic heterocycles. The molecule has 0 unspecified atom stereocenters. The maximum Gasteiger partial charge on any atom is 0.303 e. The molecule has 122 valence electrons. The van der Waals surface area contributed by atoms with Crippen LogP contribution in [-0.4, -0.2) is 24.1 Å². The van der Waals surface area contributed by atoms with Gasteiger partial charge < -0.3 is 15.2 Å². The van der Waals surface area contributed by atoms with Crippen molar-refractivity contribution >= 4 is 44.8 Å². The zero-order valence-corrected chi connectivity index (χ0v) is 15.1. The smallest absolute Gasteiger partial charge is 0.303 e. The average molecular weight is 398 g/mol. The number of rotatable bonds is 6. The summed E-state index contributed by atoms with van der Waals surface area (Å²) in [4.78, 5) is 24.5. The summed E-state index contributed by atoms with van der Waals surface area (Å²) in [6.07, 6.45) is 0.480. The first kappa shape index (κ1) is 17.5. The number of hydrogen-bond donors (Lipinski definition) is 2. The van der Waals surface area contributed by atoms with Gasteiger partial charge >= 0.3 is 5.97 Å². The quantitative estimate of drug-likeness (QED) is 0.769. The van der Waals surface area contributed by atoms with Gasteiger partial charge in [0.2, 0.25) is 0 Å². The van der Waals surface area contributed by atoms with Gasteiger partial charge in [-0.25, -0.2) is 0 Å². The number of carbonyl (C=O) groups excluding carboxylic acids is 1. The summed E-state index contributed by atoms with van der Waals surface area (Å²) in [5.41, 5.74) is 1.49. The highest BCUT2D eigenvalue weighted by molar-refractivity contribution is 9.10. The van der Waals surface area contributed by atoms with Gasteiger partial charge in [-0.05, 0) is 47.0 Å². The Morgan fingerprint density at radius 2 is 2.13 bits per heavy atom. The third kappa shape index (κ3) is 4.33. The number of nitrogens with one attached hydrogen (secondary N) is 1. The first-order valence-corrected chi connectivity index (χ1v) is 8.48. The number of hydrogen-bond acceptors (Lipinski definition) is 4. The molecule has 7 heteroatoms. The lowest BCUT2D eigenvalue weighted by Gasteiger charge is -2.07. The zero-order valence-electron chi connectivity index (χ0n) is 12.7. The largest absolute Gasteiger partial charge is 0.494 e. The molecule has 1 amide bonds. The number of aryl methyl sites for hydroxylation is 2. The molecule has 0 saturated carbocycles. The van der Waals surface area contributed by atoms with Crippen LogP contribution in [0.2, 0.25) is 0 Å². The second kappa shape index (κ2) is 7.61. The molecule has 1 aromatic carbocycles. The van der Waals surface area contributed by atoms with Gasteiger partial charge in [0.1, 0.15) is 4.88 Å². The fraction of sp³-hybridized carbons (Fsp3) is 0.250. The highest BCUT2D eigenvalue weighted by Gasteiger charge is 2.20. The third-order valence-electron chi connectivity index (χ3n) is 3.19.